The highest BCUT2D eigenvalue weighted by molar-refractivity contribution is 7.12. The Labute approximate surface area is 117 Å². The van der Waals surface area contributed by atoms with Gasteiger partial charge < -0.3 is 15.2 Å². The summed E-state index contributed by atoms with van der Waals surface area (Å²) in [6.45, 7) is 2.55. The molecule has 1 fully saturated rings. The van der Waals surface area contributed by atoms with Crippen molar-refractivity contribution >= 4 is 17.2 Å². The molecule has 1 aromatic rings. The van der Waals surface area contributed by atoms with Crippen molar-refractivity contribution in [2.45, 2.75) is 38.7 Å². The standard InChI is InChI=1S/C14H21NO3S/c1-14(7-4-3-5-11(14)16)9-15-13(17)12-10(18-2)6-8-19-12/h6,8,11,16H,3-5,7,9H2,1-2H3,(H,15,17)/t11-,14+/m1/s1. The molecule has 0 aliphatic heterocycles. The van der Waals surface area contributed by atoms with E-state index in [1.54, 1.807) is 13.2 Å². The van der Waals surface area contributed by atoms with Crippen molar-refractivity contribution in [3.05, 3.63) is 16.3 Å². The molecule has 0 aromatic carbocycles. The van der Waals surface area contributed by atoms with Crippen LogP contribution in [-0.2, 0) is 0 Å². The van der Waals surface area contributed by atoms with E-state index >= 15 is 0 Å². The van der Waals surface area contributed by atoms with E-state index in [2.05, 4.69) is 5.32 Å². The number of methoxy groups -OCH3 is 1. The molecule has 2 atom stereocenters. The van der Waals surface area contributed by atoms with E-state index in [1.807, 2.05) is 12.3 Å². The minimum Gasteiger partial charge on any atom is -0.495 e. The van der Waals surface area contributed by atoms with Gasteiger partial charge in [-0.05, 0) is 24.3 Å². The summed E-state index contributed by atoms with van der Waals surface area (Å²) in [5.74, 6) is 0.489. The summed E-state index contributed by atoms with van der Waals surface area (Å²) in [5.41, 5.74) is -0.210. The first kappa shape index (κ1) is 14.3. The van der Waals surface area contributed by atoms with Crippen LogP contribution in [0, 0.1) is 5.41 Å². The lowest BCUT2D eigenvalue weighted by molar-refractivity contribution is 0.00192. The van der Waals surface area contributed by atoms with Gasteiger partial charge >= 0.3 is 0 Å². The van der Waals surface area contributed by atoms with Crippen molar-refractivity contribution in [3.8, 4) is 5.75 Å². The first-order valence-corrected chi connectivity index (χ1v) is 7.52. The fourth-order valence-electron chi connectivity index (χ4n) is 2.57. The maximum Gasteiger partial charge on any atom is 0.265 e. The van der Waals surface area contributed by atoms with Crippen molar-refractivity contribution in [1.82, 2.24) is 5.32 Å². The molecule has 1 aliphatic carbocycles. The number of aliphatic hydroxyl groups is 1. The zero-order valence-corrected chi connectivity index (χ0v) is 12.3. The van der Waals surface area contributed by atoms with Gasteiger partial charge in [0.05, 0.1) is 13.2 Å². The van der Waals surface area contributed by atoms with E-state index in [0.717, 1.165) is 25.7 Å². The third kappa shape index (κ3) is 3.09. The Morgan fingerprint density at radius 2 is 2.42 bits per heavy atom. The lowest BCUT2D eigenvalue weighted by atomic mass is 9.73. The van der Waals surface area contributed by atoms with Crippen molar-refractivity contribution in [2.24, 2.45) is 5.41 Å². The molecule has 1 aliphatic rings. The summed E-state index contributed by atoms with van der Waals surface area (Å²) in [4.78, 5) is 12.7. The van der Waals surface area contributed by atoms with Gasteiger partial charge in [0.15, 0.2) is 0 Å². The first-order chi connectivity index (χ1) is 9.07. The molecule has 1 amide bonds. The lowest BCUT2D eigenvalue weighted by Gasteiger charge is -2.38. The van der Waals surface area contributed by atoms with Gasteiger partial charge in [0.2, 0.25) is 0 Å². The predicted octanol–water partition coefficient (Wildman–Crippen LogP) is 2.43. The van der Waals surface area contributed by atoms with Gasteiger partial charge in [0, 0.05) is 12.0 Å². The summed E-state index contributed by atoms with van der Waals surface area (Å²) in [7, 11) is 1.56. The van der Waals surface area contributed by atoms with Gasteiger partial charge in [-0.25, -0.2) is 0 Å². The molecule has 1 heterocycles. The summed E-state index contributed by atoms with van der Waals surface area (Å²) < 4.78 is 5.14. The molecular formula is C14H21NO3S. The highest BCUT2D eigenvalue weighted by Crippen LogP contribution is 2.35. The fraction of sp³-hybridized carbons (Fsp3) is 0.643. The number of carbonyl (C=O) groups excluding carboxylic acids is 1. The predicted molar refractivity (Wildman–Crippen MR) is 75.8 cm³/mol. The van der Waals surface area contributed by atoms with Crippen LogP contribution in [0.1, 0.15) is 42.3 Å². The number of amides is 1. The van der Waals surface area contributed by atoms with Crippen LogP contribution in [0.4, 0.5) is 0 Å². The highest BCUT2D eigenvalue weighted by atomic mass is 32.1. The van der Waals surface area contributed by atoms with Crippen LogP contribution in [0.3, 0.4) is 0 Å². The SMILES string of the molecule is COc1ccsc1C(=O)NC[C@]1(C)CCCC[C@H]1O. The van der Waals surface area contributed by atoms with Crippen LogP contribution in [0.5, 0.6) is 5.75 Å². The fourth-order valence-corrected chi connectivity index (χ4v) is 3.35. The number of hydrogen-bond donors (Lipinski definition) is 2. The average Bonchev–Trinajstić information content (AvgIpc) is 2.88. The van der Waals surface area contributed by atoms with Crippen LogP contribution in [0.2, 0.25) is 0 Å². The van der Waals surface area contributed by atoms with Gasteiger partial charge in [-0.15, -0.1) is 11.3 Å². The number of carbonyl (C=O) groups is 1. The Kier molecular flexibility index (Phi) is 4.47. The highest BCUT2D eigenvalue weighted by Gasteiger charge is 2.35. The van der Waals surface area contributed by atoms with Crippen LogP contribution in [-0.4, -0.2) is 30.8 Å². The largest absolute Gasteiger partial charge is 0.495 e. The zero-order valence-electron chi connectivity index (χ0n) is 11.4. The molecule has 1 aromatic heterocycles. The minimum absolute atomic E-state index is 0.120. The quantitative estimate of drug-likeness (QED) is 0.892. The second-order valence-electron chi connectivity index (χ2n) is 5.42. The molecule has 4 nitrogen and oxygen atoms in total. The van der Waals surface area contributed by atoms with E-state index in [-0.39, 0.29) is 17.4 Å². The zero-order chi connectivity index (χ0) is 13.9. The van der Waals surface area contributed by atoms with Gasteiger partial charge in [0.1, 0.15) is 10.6 Å². The molecule has 5 heteroatoms. The first-order valence-electron chi connectivity index (χ1n) is 6.64. The van der Waals surface area contributed by atoms with Gasteiger partial charge in [-0.2, -0.15) is 0 Å². The smallest absolute Gasteiger partial charge is 0.265 e. The summed E-state index contributed by atoms with van der Waals surface area (Å²) in [5, 5.41) is 14.9. The third-order valence-corrected chi connectivity index (χ3v) is 4.88. The van der Waals surface area contributed by atoms with Crippen LogP contribution in [0.25, 0.3) is 0 Å². The lowest BCUT2D eigenvalue weighted by Crippen LogP contribution is -2.45. The Balaban J connectivity index is 1.96. The van der Waals surface area contributed by atoms with E-state index < -0.39 is 0 Å². The molecule has 0 unspecified atom stereocenters. The molecule has 2 rings (SSSR count). The topological polar surface area (TPSA) is 58.6 Å². The van der Waals surface area contributed by atoms with Crippen molar-refractivity contribution < 1.29 is 14.6 Å². The van der Waals surface area contributed by atoms with Crippen LogP contribution >= 0.6 is 11.3 Å². The Morgan fingerprint density at radius 3 is 3.11 bits per heavy atom. The number of ether oxygens (including phenoxy) is 1. The van der Waals surface area contributed by atoms with E-state index in [9.17, 15) is 9.90 Å². The van der Waals surface area contributed by atoms with Gasteiger partial charge in [0.25, 0.3) is 5.91 Å². The van der Waals surface area contributed by atoms with E-state index in [0.29, 0.717) is 17.2 Å². The normalized spacial score (nSPS) is 27.0. The number of rotatable bonds is 4. The molecule has 19 heavy (non-hydrogen) atoms. The maximum atomic E-state index is 12.1. The Bertz CT molecular complexity index is 446. The average molecular weight is 283 g/mol. The summed E-state index contributed by atoms with van der Waals surface area (Å²) >= 11 is 1.37. The van der Waals surface area contributed by atoms with Crippen LogP contribution in [0.15, 0.2) is 11.4 Å². The Hall–Kier alpha value is -1.07. The molecule has 0 bridgehead atoms. The van der Waals surface area contributed by atoms with Gasteiger partial charge in [-0.1, -0.05) is 19.8 Å². The second-order valence-corrected chi connectivity index (χ2v) is 6.33. The molecule has 0 radical (unpaired) electrons. The number of thiophene rings is 1. The molecule has 0 spiro atoms. The van der Waals surface area contributed by atoms with E-state index in [1.165, 1.54) is 11.3 Å². The molecule has 2 N–H and O–H groups in total. The van der Waals surface area contributed by atoms with Crippen LogP contribution < -0.4 is 10.1 Å². The summed E-state index contributed by atoms with van der Waals surface area (Å²) in [6, 6.07) is 1.79. The maximum absolute atomic E-state index is 12.1. The number of hydrogen-bond acceptors (Lipinski definition) is 4. The third-order valence-electron chi connectivity index (χ3n) is 3.99. The van der Waals surface area contributed by atoms with E-state index in [4.69, 9.17) is 4.74 Å². The molecular weight excluding hydrogens is 262 g/mol. The number of nitrogens with one attached hydrogen (secondary N) is 1. The van der Waals surface area contributed by atoms with Gasteiger partial charge in [-0.3, -0.25) is 4.79 Å². The minimum atomic E-state index is -0.327. The van der Waals surface area contributed by atoms with Crippen molar-refractivity contribution in [1.29, 1.82) is 0 Å². The van der Waals surface area contributed by atoms with Crippen molar-refractivity contribution in [2.75, 3.05) is 13.7 Å². The second kappa shape index (κ2) is 5.92. The summed E-state index contributed by atoms with van der Waals surface area (Å²) in [6.07, 6.45) is 3.65. The monoisotopic (exact) mass is 283 g/mol. The molecule has 0 saturated heterocycles. The van der Waals surface area contributed by atoms with Crippen molar-refractivity contribution in [3.63, 3.8) is 0 Å². The molecule has 106 valence electrons. The Morgan fingerprint density at radius 1 is 1.63 bits per heavy atom. The number of aliphatic hydroxyl groups excluding tert-OH is 1. The molecule has 1 saturated carbocycles.